The van der Waals surface area contributed by atoms with Gasteiger partial charge in [0.1, 0.15) is 0 Å². The molecule has 1 saturated heterocycles. The second kappa shape index (κ2) is 6.02. The van der Waals surface area contributed by atoms with Gasteiger partial charge >= 0.3 is 0 Å². The maximum Gasteiger partial charge on any atom is 0.163 e. The average molecular weight is 278 g/mol. The third-order valence-corrected chi connectivity index (χ3v) is 4.60. The van der Waals surface area contributed by atoms with Gasteiger partial charge in [-0.05, 0) is 62.5 Å². The molecule has 112 valence electrons. The minimum atomic E-state index is 0.419. The Morgan fingerprint density at radius 3 is 2.45 bits per heavy atom. The summed E-state index contributed by atoms with van der Waals surface area (Å²) in [5, 5.41) is 0. The molecule has 20 heavy (non-hydrogen) atoms. The van der Waals surface area contributed by atoms with Crippen LogP contribution in [0.15, 0.2) is 6.07 Å². The van der Waals surface area contributed by atoms with Crippen molar-refractivity contribution in [3.8, 4) is 11.5 Å². The molecule has 2 rings (SSSR count). The highest BCUT2D eigenvalue weighted by Crippen LogP contribution is 2.42. The predicted molar refractivity (Wildman–Crippen MR) is 81.6 cm³/mol. The van der Waals surface area contributed by atoms with Crippen LogP contribution in [0.3, 0.4) is 0 Å². The fraction of sp³-hybridized carbons (Fsp3) is 0.625. The number of methoxy groups -OCH3 is 2. The first-order valence-electron chi connectivity index (χ1n) is 7.15. The molecule has 1 aromatic rings. The summed E-state index contributed by atoms with van der Waals surface area (Å²) in [6.07, 6.45) is 1.11. The van der Waals surface area contributed by atoms with Crippen molar-refractivity contribution in [1.29, 1.82) is 0 Å². The van der Waals surface area contributed by atoms with Gasteiger partial charge in [-0.15, -0.1) is 0 Å². The Hall–Kier alpha value is -1.26. The van der Waals surface area contributed by atoms with Gasteiger partial charge in [-0.3, -0.25) is 4.90 Å². The zero-order valence-corrected chi connectivity index (χ0v) is 13.2. The quantitative estimate of drug-likeness (QED) is 0.918. The molecule has 2 N–H and O–H groups in total. The van der Waals surface area contributed by atoms with E-state index in [-0.39, 0.29) is 0 Å². The van der Waals surface area contributed by atoms with E-state index >= 15 is 0 Å². The molecule has 1 aromatic carbocycles. The third-order valence-electron chi connectivity index (χ3n) is 4.60. The van der Waals surface area contributed by atoms with Gasteiger partial charge in [0.05, 0.1) is 14.2 Å². The predicted octanol–water partition coefficient (Wildman–Crippen LogP) is 2.27. The van der Waals surface area contributed by atoms with Crippen molar-refractivity contribution >= 4 is 0 Å². The standard InChI is InChI=1S/C16H26N2O2/c1-10-11(2)16(20-5)15(19-4)7-13(10)14-6-12(8-17)9-18(14)3/h7,12,14H,6,8-9,17H2,1-5H3. The van der Waals surface area contributed by atoms with Crippen LogP contribution in [-0.4, -0.2) is 39.3 Å². The normalized spacial score (nSPS) is 23.1. The summed E-state index contributed by atoms with van der Waals surface area (Å²) < 4.78 is 11.0. The van der Waals surface area contributed by atoms with Crippen LogP contribution in [0.2, 0.25) is 0 Å². The Morgan fingerprint density at radius 2 is 1.95 bits per heavy atom. The number of hydrogen-bond donors (Lipinski definition) is 1. The first kappa shape index (κ1) is 15.1. The minimum absolute atomic E-state index is 0.419. The molecule has 1 heterocycles. The van der Waals surface area contributed by atoms with Crippen LogP contribution in [0.1, 0.15) is 29.2 Å². The van der Waals surface area contributed by atoms with Gasteiger partial charge in [-0.1, -0.05) is 0 Å². The molecule has 0 spiro atoms. The Labute approximate surface area is 121 Å². The molecule has 0 radical (unpaired) electrons. The zero-order chi connectivity index (χ0) is 14.9. The minimum Gasteiger partial charge on any atom is -0.493 e. The number of rotatable bonds is 4. The zero-order valence-electron chi connectivity index (χ0n) is 13.2. The smallest absolute Gasteiger partial charge is 0.163 e. The van der Waals surface area contributed by atoms with Crippen molar-refractivity contribution in [2.45, 2.75) is 26.3 Å². The molecule has 0 amide bonds. The summed E-state index contributed by atoms with van der Waals surface area (Å²) in [6.45, 7) is 6.08. The third kappa shape index (κ3) is 2.50. The van der Waals surface area contributed by atoms with E-state index in [1.165, 1.54) is 11.1 Å². The van der Waals surface area contributed by atoms with E-state index < -0.39 is 0 Å². The number of ether oxygens (including phenoxy) is 2. The maximum absolute atomic E-state index is 5.83. The maximum atomic E-state index is 5.83. The van der Waals surface area contributed by atoms with Crippen molar-refractivity contribution < 1.29 is 9.47 Å². The largest absolute Gasteiger partial charge is 0.493 e. The van der Waals surface area contributed by atoms with Crippen molar-refractivity contribution in [2.75, 3.05) is 34.4 Å². The van der Waals surface area contributed by atoms with E-state index in [4.69, 9.17) is 15.2 Å². The second-order valence-corrected chi connectivity index (χ2v) is 5.74. The van der Waals surface area contributed by atoms with Gasteiger partial charge in [-0.25, -0.2) is 0 Å². The SMILES string of the molecule is COc1cc(C2CC(CN)CN2C)c(C)c(C)c1OC. The van der Waals surface area contributed by atoms with Crippen LogP contribution in [0.5, 0.6) is 11.5 Å². The summed E-state index contributed by atoms with van der Waals surface area (Å²) in [7, 11) is 5.55. The van der Waals surface area contributed by atoms with E-state index in [1.807, 2.05) is 0 Å². The lowest BCUT2D eigenvalue weighted by Crippen LogP contribution is -2.21. The van der Waals surface area contributed by atoms with Gasteiger partial charge in [0, 0.05) is 12.6 Å². The monoisotopic (exact) mass is 278 g/mol. The number of benzene rings is 1. The summed E-state index contributed by atoms with van der Waals surface area (Å²) in [6, 6.07) is 2.54. The van der Waals surface area contributed by atoms with Crippen LogP contribution in [0.4, 0.5) is 0 Å². The Morgan fingerprint density at radius 1 is 1.25 bits per heavy atom. The highest BCUT2D eigenvalue weighted by atomic mass is 16.5. The molecule has 4 nitrogen and oxygen atoms in total. The lowest BCUT2D eigenvalue weighted by atomic mass is 9.93. The van der Waals surface area contributed by atoms with Gasteiger partial charge < -0.3 is 15.2 Å². The lowest BCUT2D eigenvalue weighted by molar-refractivity contribution is 0.309. The molecule has 0 aliphatic carbocycles. The van der Waals surface area contributed by atoms with Gasteiger partial charge in [0.15, 0.2) is 11.5 Å². The number of hydrogen-bond acceptors (Lipinski definition) is 4. The first-order valence-corrected chi connectivity index (χ1v) is 7.15. The van der Waals surface area contributed by atoms with Crippen molar-refractivity contribution in [3.05, 3.63) is 22.8 Å². The van der Waals surface area contributed by atoms with Gasteiger partial charge in [0.2, 0.25) is 0 Å². The molecule has 0 bridgehead atoms. The molecule has 4 heteroatoms. The highest BCUT2D eigenvalue weighted by Gasteiger charge is 2.32. The van der Waals surface area contributed by atoms with E-state index in [2.05, 4.69) is 31.9 Å². The molecule has 1 aliphatic rings. The molecule has 0 saturated carbocycles. The summed E-state index contributed by atoms with van der Waals surface area (Å²) in [4.78, 5) is 2.39. The second-order valence-electron chi connectivity index (χ2n) is 5.74. The average Bonchev–Trinajstić information content (AvgIpc) is 2.82. The lowest BCUT2D eigenvalue weighted by Gasteiger charge is -2.24. The molecule has 1 aliphatic heterocycles. The fourth-order valence-corrected chi connectivity index (χ4v) is 3.28. The van der Waals surface area contributed by atoms with Crippen LogP contribution >= 0.6 is 0 Å². The Kier molecular flexibility index (Phi) is 4.55. The number of nitrogens with two attached hydrogens (primary N) is 1. The number of nitrogens with zero attached hydrogens (tertiary/aromatic N) is 1. The van der Waals surface area contributed by atoms with E-state index in [9.17, 15) is 0 Å². The topological polar surface area (TPSA) is 47.7 Å². The molecular weight excluding hydrogens is 252 g/mol. The van der Waals surface area contributed by atoms with E-state index in [0.29, 0.717) is 12.0 Å². The van der Waals surface area contributed by atoms with E-state index in [1.54, 1.807) is 14.2 Å². The summed E-state index contributed by atoms with van der Waals surface area (Å²) in [5.41, 5.74) is 9.61. The van der Waals surface area contributed by atoms with Crippen molar-refractivity contribution in [3.63, 3.8) is 0 Å². The highest BCUT2D eigenvalue weighted by molar-refractivity contribution is 5.54. The fourth-order valence-electron chi connectivity index (χ4n) is 3.28. The molecule has 1 fully saturated rings. The molecule has 0 aromatic heterocycles. The van der Waals surface area contributed by atoms with Crippen LogP contribution in [-0.2, 0) is 0 Å². The van der Waals surface area contributed by atoms with Crippen LogP contribution in [0, 0.1) is 19.8 Å². The Balaban J connectivity index is 2.44. The number of likely N-dealkylation sites (tertiary alicyclic amines) is 1. The molecule has 2 unspecified atom stereocenters. The first-order chi connectivity index (χ1) is 9.53. The van der Waals surface area contributed by atoms with Crippen LogP contribution in [0.25, 0.3) is 0 Å². The van der Waals surface area contributed by atoms with Gasteiger partial charge in [0.25, 0.3) is 0 Å². The van der Waals surface area contributed by atoms with E-state index in [0.717, 1.165) is 36.6 Å². The molecular formula is C16H26N2O2. The van der Waals surface area contributed by atoms with Crippen LogP contribution < -0.4 is 15.2 Å². The Bertz CT molecular complexity index is 488. The summed E-state index contributed by atoms with van der Waals surface area (Å²) >= 11 is 0. The summed E-state index contributed by atoms with van der Waals surface area (Å²) in [5.74, 6) is 2.23. The molecule has 2 atom stereocenters. The van der Waals surface area contributed by atoms with Gasteiger partial charge in [-0.2, -0.15) is 0 Å². The van der Waals surface area contributed by atoms with Crippen molar-refractivity contribution in [1.82, 2.24) is 4.90 Å². The van der Waals surface area contributed by atoms with Crippen molar-refractivity contribution in [2.24, 2.45) is 11.7 Å².